The Morgan fingerprint density at radius 1 is 1.29 bits per heavy atom. The zero-order valence-corrected chi connectivity index (χ0v) is 16.7. The van der Waals surface area contributed by atoms with Crippen LogP contribution in [0.2, 0.25) is 0 Å². The first-order valence-corrected chi connectivity index (χ1v) is 10.6. The molecule has 132 valence electrons. The lowest BCUT2D eigenvalue weighted by molar-refractivity contribution is -0.116. The van der Waals surface area contributed by atoms with Crippen LogP contribution in [0.1, 0.15) is 39.2 Å². The van der Waals surface area contributed by atoms with E-state index >= 15 is 0 Å². The maximum atomic E-state index is 13.3. The minimum Gasteiger partial charge on any atom is -0.308 e. The van der Waals surface area contributed by atoms with Crippen LogP contribution in [0.4, 0.5) is 5.69 Å². The molecular weight excluding hydrogens is 392 g/mol. The Hall–Kier alpha value is -0.920. The SMILES string of the molecule is CC(=O)N1c2c(cc(Br)cc2S(=O)(=O)N2CCCC(C)C2)CC1C. The number of nitrogens with zero attached hydrogens (tertiary/aromatic N) is 2. The Kier molecular flexibility index (Phi) is 4.79. The summed E-state index contributed by atoms with van der Waals surface area (Å²) in [5, 5.41) is 0. The average molecular weight is 415 g/mol. The van der Waals surface area contributed by atoms with Gasteiger partial charge in [-0.05, 0) is 49.8 Å². The first-order chi connectivity index (χ1) is 11.2. The maximum Gasteiger partial charge on any atom is 0.245 e. The van der Waals surface area contributed by atoms with E-state index in [1.54, 1.807) is 15.3 Å². The first kappa shape index (κ1) is 17.9. The smallest absolute Gasteiger partial charge is 0.245 e. The number of halogens is 1. The van der Waals surface area contributed by atoms with Crippen molar-refractivity contribution >= 4 is 37.5 Å². The zero-order valence-electron chi connectivity index (χ0n) is 14.3. The lowest BCUT2D eigenvalue weighted by Gasteiger charge is -2.31. The van der Waals surface area contributed by atoms with E-state index < -0.39 is 10.0 Å². The van der Waals surface area contributed by atoms with Crippen LogP contribution in [0.25, 0.3) is 0 Å². The highest BCUT2D eigenvalue weighted by molar-refractivity contribution is 9.10. The summed E-state index contributed by atoms with van der Waals surface area (Å²) in [5.41, 5.74) is 1.48. The molecule has 1 saturated heterocycles. The number of piperidine rings is 1. The maximum absolute atomic E-state index is 13.3. The molecule has 0 bridgehead atoms. The van der Waals surface area contributed by atoms with Crippen molar-refractivity contribution in [2.45, 2.75) is 51.0 Å². The van der Waals surface area contributed by atoms with Crippen LogP contribution in [0.15, 0.2) is 21.5 Å². The summed E-state index contributed by atoms with van der Waals surface area (Å²) in [6.45, 7) is 6.61. The van der Waals surface area contributed by atoms with Crippen LogP contribution >= 0.6 is 15.9 Å². The van der Waals surface area contributed by atoms with Gasteiger partial charge in [-0.3, -0.25) is 4.79 Å². The van der Waals surface area contributed by atoms with Crippen LogP contribution in [0.3, 0.4) is 0 Å². The monoisotopic (exact) mass is 414 g/mol. The van der Waals surface area contributed by atoms with E-state index in [0.29, 0.717) is 31.1 Å². The molecule has 1 amide bonds. The summed E-state index contributed by atoms with van der Waals surface area (Å²) in [7, 11) is -3.62. The molecule has 24 heavy (non-hydrogen) atoms. The molecule has 7 heteroatoms. The quantitative estimate of drug-likeness (QED) is 0.746. The molecular formula is C17H23BrN2O3S. The summed E-state index contributed by atoms with van der Waals surface area (Å²) < 4.78 is 28.9. The third-order valence-corrected chi connectivity index (χ3v) is 7.23. The molecule has 0 aromatic heterocycles. The fraction of sp³-hybridized carbons (Fsp3) is 0.588. The summed E-state index contributed by atoms with van der Waals surface area (Å²) in [5.74, 6) is 0.239. The van der Waals surface area contributed by atoms with E-state index in [9.17, 15) is 13.2 Å². The van der Waals surface area contributed by atoms with Gasteiger partial charge < -0.3 is 4.90 Å². The van der Waals surface area contributed by atoms with Crippen molar-refractivity contribution in [3.63, 3.8) is 0 Å². The zero-order chi connectivity index (χ0) is 17.6. The third-order valence-electron chi connectivity index (χ3n) is 4.89. The van der Waals surface area contributed by atoms with Gasteiger partial charge in [0.15, 0.2) is 0 Å². The van der Waals surface area contributed by atoms with Crippen molar-refractivity contribution in [2.24, 2.45) is 5.92 Å². The van der Waals surface area contributed by atoms with E-state index in [1.807, 2.05) is 13.0 Å². The molecule has 1 aromatic carbocycles. The van der Waals surface area contributed by atoms with Gasteiger partial charge in [0.25, 0.3) is 0 Å². The number of benzene rings is 1. The molecule has 1 aromatic rings. The predicted octanol–water partition coefficient (Wildman–Crippen LogP) is 3.17. The first-order valence-electron chi connectivity index (χ1n) is 8.34. The lowest BCUT2D eigenvalue weighted by Crippen LogP contribution is -2.40. The minimum atomic E-state index is -3.62. The van der Waals surface area contributed by atoms with Gasteiger partial charge in [0.2, 0.25) is 15.9 Å². The summed E-state index contributed by atoms with van der Waals surface area (Å²) in [6.07, 6.45) is 2.61. The van der Waals surface area contributed by atoms with Gasteiger partial charge in [-0.2, -0.15) is 4.31 Å². The van der Waals surface area contributed by atoms with Crippen molar-refractivity contribution in [3.8, 4) is 0 Å². The highest BCUT2D eigenvalue weighted by Crippen LogP contribution is 2.41. The summed E-state index contributed by atoms with van der Waals surface area (Å²) in [4.78, 5) is 14.0. The highest BCUT2D eigenvalue weighted by atomic mass is 79.9. The second kappa shape index (κ2) is 6.42. The molecule has 2 aliphatic rings. The molecule has 0 aliphatic carbocycles. The second-order valence-corrected chi connectivity index (χ2v) is 9.79. The fourth-order valence-corrected chi connectivity index (χ4v) is 6.36. The Bertz CT molecular complexity index is 778. The van der Waals surface area contributed by atoms with Gasteiger partial charge in [-0.15, -0.1) is 0 Å². The largest absolute Gasteiger partial charge is 0.308 e. The number of amides is 1. The van der Waals surface area contributed by atoms with E-state index in [1.165, 1.54) is 6.92 Å². The van der Waals surface area contributed by atoms with Crippen LogP contribution in [-0.4, -0.2) is 37.8 Å². The number of carbonyl (C=O) groups is 1. The average Bonchev–Trinajstić information content (AvgIpc) is 2.81. The van der Waals surface area contributed by atoms with E-state index in [4.69, 9.17) is 0 Å². The number of anilines is 1. The molecule has 2 heterocycles. The van der Waals surface area contributed by atoms with Crippen molar-refractivity contribution < 1.29 is 13.2 Å². The third kappa shape index (κ3) is 3.02. The van der Waals surface area contributed by atoms with Crippen LogP contribution in [0.5, 0.6) is 0 Å². The number of sulfonamides is 1. The van der Waals surface area contributed by atoms with E-state index in [0.717, 1.165) is 22.9 Å². The van der Waals surface area contributed by atoms with Gasteiger partial charge in [0.1, 0.15) is 4.90 Å². The van der Waals surface area contributed by atoms with Gasteiger partial charge in [0, 0.05) is 30.5 Å². The van der Waals surface area contributed by atoms with Crippen molar-refractivity contribution in [1.29, 1.82) is 0 Å². The van der Waals surface area contributed by atoms with Crippen LogP contribution in [0, 0.1) is 5.92 Å². The highest BCUT2D eigenvalue weighted by Gasteiger charge is 2.38. The molecule has 5 nitrogen and oxygen atoms in total. The Morgan fingerprint density at radius 3 is 2.62 bits per heavy atom. The lowest BCUT2D eigenvalue weighted by atomic mass is 10.0. The number of hydrogen-bond donors (Lipinski definition) is 0. The molecule has 1 fully saturated rings. The number of hydrogen-bond acceptors (Lipinski definition) is 3. The Balaban J connectivity index is 2.13. The van der Waals surface area contributed by atoms with Gasteiger partial charge >= 0.3 is 0 Å². The summed E-state index contributed by atoms with van der Waals surface area (Å²) >= 11 is 3.43. The summed E-state index contributed by atoms with van der Waals surface area (Å²) in [6, 6.07) is 3.54. The van der Waals surface area contributed by atoms with Crippen molar-refractivity contribution in [2.75, 3.05) is 18.0 Å². The van der Waals surface area contributed by atoms with Crippen LogP contribution in [-0.2, 0) is 21.2 Å². The molecule has 0 spiro atoms. The van der Waals surface area contributed by atoms with E-state index in [2.05, 4.69) is 22.9 Å². The normalized spacial score (nSPS) is 24.9. The Morgan fingerprint density at radius 2 is 2.00 bits per heavy atom. The van der Waals surface area contributed by atoms with E-state index in [-0.39, 0.29) is 16.8 Å². The number of fused-ring (bicyclic) bond motifs is 1. The number of carbonyl (C=O) groups excluding carboxylic acids is 1. The standard InChI is InChI=1S/C17H23BrN2O3S/c1-11-5-4-6-19(10-11)24(22,23)16-9-15(18)8-14-7-12(2)20(13(3)21)17(14)16/h8-9,11-12H,4-7,10H2,1-3H3. The molecule has 2 aliphatic heterocycles. The molecule has 0 radical (unpaired) electrons. The molecule has 0 saturated carbocycles. The molecule has 2 unspecified atom stereocenters. The van der Waals surface area contributed by atoms with Gasteiger partial charge in [-0.1, -0.05) is 22.9 Å². The predicted molar refractivity (Wildman–Crippen MR) is 97.6 cm³/mol. The topological polar surface area (TPSA) is 57.7 Å². The van der Waals surface area contributed by atoms with Crippen LogP contribution < -0.4 is 4.90 Å². The van der Waals surface area contributed by atoms with Crippen molar-refractivity contribution in [3.05, 3.63) is 22.2 Å². The molecule has 3 rings (SSSR count). The van der Waals surface area contributed by atoms with Crippen molar-refractivity contribution in [1.82, 2.24) is 4.31 Å². The molecule has 2 atom stereocenters. The Labute approximate surface area is 152 Å². The van der Waals surface area contributed by atoms with Gasteiger partial charge in [-0.25, -0.2) is 8.42 Å². The molecule has 0 N–H and O–H groups in total. The minimum absolute atomic E-state index is 0.0268. The fourth-order valence-electron chi connectivity index (χ4n) is 3.86. The van der Waals surface area contributed by atoms with Gasteiger partial charge in [0.05, 0.1) is 5.69 Å². The number of rotatable bonds is 2. The second-order valence-electron chi connectivity index (χ2n) is 6.96.